The molecule has 0 bridgehead atoms. The van der Waals surface area contributed by atoms with Crippen molar-refractivity contribution in [2.75, 3.05) is 17.7 Å². The molecule has 0 fully saturated rings. The van der Waals surface area contributed by atoms with Crippen molar-refractivity contribution >= 4 is 39.7 Å². The molecule has 2 aromatic rings. The monoisotopic (exact) mass is 324 g/mol. The largest absolute Gasteiger partial charge is 0.397 e. The number of hydrogen-bond donors (Lipinski definition) is 1. The Kier molecular flexibility index (Phi) is 3.33. The number of rotatable bonds is 2. The maximum atomic E-state index is 6.01. The molecule has 2 aromatic carbocycles. The maximum absolute atomic E-state index is 6.01. The summed E-state index contributed by atoms with van der Waals surface area (Å²) in [6.07, 6.45) is 0. The molecule has 0 heterocycles. The number of nitrogens with two attached hydrogens (primary N) is 1. The molecule has 0 amide bonds. The Bertz CT molecular complexity index is 483. The number of benzene rings is 2. The van der Waals surface area contributed by atoms with Gasteiger partial charge in [0.2, 0.25) is 0 Å². The fraction of sp³-hybridized carbons (Fsp3) is 0.0769. The molecule has 0 saturated carbocycles. The second-order valence-electron chi connectivity index (χ2n) is 3.60. The summed E-state index contributed by atoms with van der Waals surface area (Å²) in [5.41, 5.74) is 8.99. The van der Waals surface area contributed by atoms with E-state index in [9.17, 15) is 0 Å². The van der Waals surface area contributed by atoms with Crippen molar-refractivity contribution in [3.8, 4) is 0 Å². The zero-order chi connectivity index (χ0) is 11.5. The Hall–Kier alpha value is -1.23. The predicted molar refractivity (Wildman–Crippen MR) is 78.1 cm³/mol. The molecule has 0 radical (unpaired) electrons. The number of nitrogens with zero attached hydrogens (tertiary/aromatic N) is 1. The summed E-state index contributed by atoms with van der Waals surface area (Å²) in [7, 11) is 2.02. The highest BCUT2D eigenvalue weighted by atomic mass is 127. The molecule has 0 atom stereocenters. The van der Waals surface area contributed by atoms with Gasteiger partial charge in [0.15, 0.2) is 0 Å². The molecular weight excluding hydrogens is 311 g/mol. The highest BCUT2D eigenvalue weighted by Crippen LogP contribution is 2.29. The van der Waals surface area contributed by atoms with Crippen LogP contribution in [-0.2, 0) is 0 Å². The van der Waals surface area contributed by atoms with Gasteiger partial charge in [0.25, 0.3) is 0 Å². The van der Waals surface area contributed by atoms with Gasteiger partial charge in [-0.25, -0.2) is 0 Å². The zero-order valence-electron chi connectivity index (χ0n) is 9.02. The van der Waals surface area contributed by atoms with Gasteiger partial charge in [0.05, 0.1) is 11.4 Å². The Labute approximate surface area is 109 Å². The quantitative estimate of drug-likeness (QED) is 0.675. The molecule has 82 valence electrons. The van der Waals surface area contributed by atoms with Gasteiger partial charge in [0.1, 0.15) is 0 Å². The zero-order valence-corrected chi connectivity index (χ0v) is 11.2. The van der Waals surface area contributed by atoms with Crippen LogP contribution in [0.3, 0.4) is 0 Å². The van der Waals surface area contributed by atoms with Gasteiger partial charge in [-0.15, -0.1) is 0 Å². The smallest absolute Gasteiger partial charge is 0.0642 e. The lowest BCUT2D eigenvalue weighted by atomic mass is 10.2. The highest BCUT2D eigenvalue weighted by Gasteiger charge is 2.06. The van der Waals surface area contributed by atoms with Gasteiger partial charge >= 0.3 is 0 Å². The first-order chi connectivity index (χ1) is 7.68. The molecule has 0 spiro atoms. The van der Waals surface area contributed by atoms with Crippen LogP contribution in [0.15, 0.2) is 48.5 Å². The van der Waals surface area contributed by atoms with E-state index < -0.39 is 0 Å². The third kappa shape index (κ3) is 2.29. The molecule has 2 rings (SSSR count). The maximum Gasteiger partial charge on any atom is 0.0642 e. The normalized spacial score (nSPS) is 10.1. The first kappa shape index (κ1) is 11.3. The van der Waals surface area contributed by atoms with Gasteiger partial charge < -0.3 is 10.6 Å². The fourth-order valence-electron chi connectivity index (χ4n) is 1.62. The lowest BCUT2D eigenvalue weighted by Gasteiger charge is -2.21. The van der Waals surface area contributed by atoms with Crippen molar-refractivity contribution in [3.05, 3.63) is 52.1 Å². The number of hydrogen-bond acceptors (Lipinski definition) is 2. The topological polar surface area (TPSA) is 29.3 Å². The molecule has 0 aliphatic heterocycles. The van der Waals surface area contributed by atoms with Crippen LogP contribution >= 0.6 is 22.6 Å². The third-order valence-electron chi connectivity index (χ3n) is 2.49. The van der Waals surface area contributed by atoms with Crippen molar-refractivity contribution in [2.24, 2.45) is 0 Å². The first-order valence-electron chi connectivity index (χ1n) is 5.02. The van der Waals surface area contributed by atoms with E-state index in [2.05, 4.69) is 45.7 Å². The van der Waals surface area contributed by atoms with E-state index in [1.165, 1.54) is 0 Å². The lowest BCUT2D eigenvalue weighted by Crippen LogP contribution is -2.11. The van der Waals surface area contributed by atoms with Crippen LogP contribution in [-0.4, -0.2) is 7.05 Å². The van der Waals surface area contributed by atoms with Crippen molar-refractivity contribution in [1.29, 1.82) is 0 Å². The van der Waals surface area contributed by atoms with E-state index in [0.717, 1.165) is 20.6 Å². The van der Waals surface area contributed by atoms with Crippen LogP contribution in [0.4, 0.5) is 17.1 Å². The SMILES string of the molecule is CN(c1ccccc1)c1ccc(I)cc1N. The number of para-hydroxylation sites is 1. The van der Waals surface area contributed by atoms with Gasteiger partial charge in [-0.1, -0.05) is 18.2 Å². The summed E-state index contributed by atoms with van der Waals surface area (Å²) in [6, 6.07) is 16.3. The summed E-state index contributed by atoms with van der Waals surface area (Å²) in [6.45, 7) is 0. The minimum Gasteiger partial charge on any atom is -0.397 e. The molecule has 0 aliphatic rings. The van der Waals surface area contributed by atoms with E-state index >= 15 is 0 Å². The van der Waals surface area contributed by atoms with Crippen LogP contribution in [0, 0.1) is 3.57 Å². The van der Waals surface area contributed by atoms with E-state index in [4.69, 9.17) is 5.73 Å². The lowest BCUT2D eigenvalue weighted by molar-refractivity contribution is 1.21. The predicted octanol–water partition coefficient (Wildman–Crippen LogP) is 3.64. The summed E-state index contributed by atoms with van der Waals surface area (Å²) in [5, 5.41) is 0. The second-order valence-corrected chi connectivity index (χ2v) is 4.84. The van der Waals surface area contributed by atoms with E-state index in [-0.39, 0.29) is 0 Å². The second kappa shape index (κ2) is 4.74. The van der Waals surface area contributed by atoms with Crippen LogP contribution in [0.25, 0.3) is 0 Å². The van der Waals surface area contributed by atoms with Crippen LogP contribution in [0.1, 0.15) is 0 Å². The summed E-state index contributed by atoms with van der Waals surface area (Å²) < 4.78 is 1.15. The summed E-state index contributed by atoms with van der Waals surface area (Å²) in [4.78, 5) is 2.09. The number of anilines is 3. The number of nitrogen functional groups attached to an aromatic ring is 1. The molecule has 0 aromatic heterocycles. The highest BCUT2D eigenvalue weighted by molar-refractivity contribution is 14.1. The molecule has 3 heteroatoms. The summed E-state index contributed by atoms with van der Waals surface area (Å²) in [5.74, 6) is 0. The average Bonchev–Trinajstić information content (AvgIpc) is 2.29. The van der Waals surface area contributed by atoms with Gasteiger partial charge in [-0.05, 0) is 52.9 Å². The Morgan fingerprint density at radius 3 is 2.38 bits per heavy atom. The Morgan fingerprint density at radius 2 is 1.75 bits per heavy atom. The molecule has 2 nitrogen and oxygen atoms in total. The average molecular weight is 324 g/mol. The minimum atomic E-state index is 0.804. The minimum absolute atomic E-state index is 0.804. The molecule has 2 N–H and O–H groups in total. The van der Waals surface area contributed by atoms with Crippen molar-refractivity contribution in [1.82, 2.24) is 0 Å². The molecule has 0 saturated heterocycles. The van der Waals surface area contributed by atoms with Crippen LogP contribution in [0.5, 0.6) is 0 Å². The molecular formula is C13H13IN2. The van der Waals surface area contributed by atoms with E-state index in [0.29, 0.717) is 0 Å². The van der Waals surface area contributed by atoms with E-state index in [1.54, 1.807) is 0 Å². The number of halogens is 1. The van der Waals surface area contributed by atoms with Crippen LogP contribution < -0.4 is 10.6 Å². The van der Waals surface area contributed by atoms with Crippen molar-refractivity contribution in [3.63, 3.8) is 0 Å². The molecule has 0 unspecified atom stereocenters. The fourth-order valence-corrected chi connectivity index (χ4v) is 2.14. The molecule has 16 heavy (non-hydrogen) atoms. The Balaban J connectivity index is 2.38. The molecule has 0 aliphatic carbocycles. The van der Waals surface area contributed by atoms with Gasteiger partial charge in [-0.3, -0.25) is 0 Å². The van der Waals surface area contributed by atoms with Gasteiger partial charge in [-0.2, -0.15) is 0 Å². The standard InChI is InChI=1S/C13H13IN2/c1-16(11-5-3-2-4-6-11)13-8-7-10(14)9-12(13)15/h2-9H,15H2,1H3. The third-order valence-corrected chi connectivity index (χ3v) is 3.17. The first-order valence-corrected chi connectivity index (χ1v) is 6.10. The van der Waals surface area contributed by atoms with Gasteiger partial charge in [0, 0.05) is 16.3 Å². The van der Waals surface area contributed by atoms with Crippen molar-refractivity contribution in [2.45, 2.75) is 0 Å². The Morgan fingerprint density at radius 1 is 1.06 bits per heavy atom. The van der Waals surface area contributed by atoms with Crippen LogP contribution in [0.2, 0.25) is 0 Å². The van der Waals surface area contributed by atoms with Crippen molar-refractivity contribution < 1.29 is 0 Å². The summed E-state index contributed by atoms with van der Waals surface area (Å²) >= 11 is 2.26. The van der Waals surface area contributed by atoms with E-state index in [1.807, 2.05) is 37.4 Å².